The van der Waals surface area contributed by atoms with Gasteiger partial charge in [-0.1, -0.05) is 12.1 Å². The minimum Gasteiger partial charge on any atom is -0.475 e. The number of nitrogens with one attached hydrogen (secondary N) is 1. The Bertz CT molecular complexity index is 878. The minimum absolute atomic E-state index is 0.133. The molecule has 2 aromatic rings. The summed E-state index contributed by atoms with van der Waals surface area (Å²) in [4.78, 5) is 23.6. The van der Waals surface area contributed by atoms with Crippen LogP contribution in [-0.4, -0.2) is 53.2 Å². The third-order valence-corrected chi connectivity index (χ3v) is 4.69. The highest BCUT2D eigenvalue weighted by atomic mass is 19.4. The number of carboxylic acids is 1. The quantitative estimate of drug-likeness (QED) is 0.815. The van der Waals surface area contributed by atoms with E-state index in [0.717, 1.165) is 42.2 Å². The van der Waals surface area contributed by atoms with Gasteiger partial charge in [0.25, 0.3) is 5.91 Å². The van der Waals surface area contributed by atoms with Crippen molar-refractivity contribution in [2.24, 2.45) is 0 Å². The van der Waals surface area contributed by atoms with Gasteiger partial charge in [0.1, 0.15) is 11.5 Å². The summed E-state index contributed by atoms with van der Waals surface area (Å²) in [7, 11) is 0. The standard InChI is InChI=1S/C17H18N2O2.C2HF3O2/c1-11-5-6-16(21-11)12-3-2-4-13(7-12)17(20)19-10-14-8-15(19)9-18-14;3-2(4,5)1(6)7/h2-7,14-15,18H,8-10H2,1H3;(H,6,7)/t14-,15-;/m0./s1. The average molecular weight is 396 g/mol. The van der Waals surface area contributed by atoms with E-state index < -0.39 is 12.1 Å². The first kappa shape index (κ1) is 19.9. The monoisotopic (exact) mass is 396 g/mol. The van der Waals surface area contributed by atoms with Crippen LogP contribution < -0.4 is 5.32 Å². The van der Waals surface area contributed by atoms with E-state index in [9.17, 15) is 18.0 Å². The van der Waals surface area contributed by atoms with Gasteiger partial charge in [-0.05, 0) is 37.6 Å². The molecule has 1 aromatic carbocycles. The molecular formula is C19H19F3N2O4. The summed E-state index contributed by atoms with van der Waals surface area (Å²) < 4.78 is 37.4. The zero-order valence-corrected chi connectivity index (χ0v) is 15.0. The minimum atomic E-state index is -5.08. The normalized spacial score (nSPS) is 20.6. The Labute approximate surface area is 158 Å². The number of nitrogens with zero attached hydrogens (tertiary/aromatic N) is 1. The van der Waals surface area contributed by atoms with E-state index in [-0.39, 0.29) is 5.91 Å². The molecule has 4 rings (SSSR count). The number of aryl methyl sites for hydroxylation is 1. The third kappa shape index (κ3) is 4.36. The maximum atomic E-state index is 12.7. The van der Waals surface area contributed by atoms with Gasteiger partial charge in [-0.25, -0.2) is 4.79 Å². The molecule has 28 heavy (non-hydrogen) atoms. The van der Waals surface area contributed by atoms with Gasteiger partial charge in [0.05, 0.1) is 0 Å². The Balaban J connectivity index is 0.000000279. The van der Waals surface area contributed by atoms with Crippen molar-refractivity contribution in [1.29, 1.82) is 0 Å². The molecule has 6 nitrogen and oxygen atoms in total. The van der Waals surface area contributed by atoms with E-state index in [1.807, 2.05) is 48.2 Å². The van der Waals surface area contributed by atoms with Crippen molar-refractivity contribution in [3.63, 3.8) is 0 Å². The smallest absolute Gasteiger partial charge is 0.475 e. The lowest BCUT2D eigenvalue weighted by Crippen LogP contribution is -2.46. The molecule has 2 atom stereocenters. The molecule has 9 heteroatoms. The van der Waals surface area contributed by atoms with Crippen LogP contribution in [0.3, 0.4) is 0 Å². The number of rotatable bonds is 2. The summed E-state index contributed by atoms with van der Waals surface area (Å²) in [6, 6.07) is 12.4. The van der Waals surface area contributed by atoms with Crippen LogP contribution in [0.4, 0.5) is 13.2 Å². The number of amides is 1. The molecule has 2 fully saturated rings. The molecule has 0 aliphatic carbocycles. The maximum Gasteiger partial charge on any atom is 0.490 e. The fourth-order valence-electron chi connectivity index (χ4n) is 3.37. The van der Waals surface area contributed by atoms with Crippen LogP contribution in [0.5, 0.6) is 0 Å². The van der Waals surface area contributed by atoms with Crippen molar-refractivity contribution in [1.82, 2.24) is 10.2 Å². The van der Waals surface area contributed by atoms with Crippen LogP contribution in [0.1, 0.15) is 22.5 Å². The Hall–Kier alpha value is -2.81. The molecule has 2 N–H and O–H groups in total. The lowest BCUT2D eigenvalue weighted by Gasteiger charge is -2.27. The molecule has 1 amide bonds. The molecule has 0 unspecified atom stereocenters. The van der Waals surface area contributed by atoms with E-state index in [0.29, 0.717) is 12.1 Å². The van der Waals surface area contributed by atoms with E-state index in [1.165, 1.54) is 0 Å². The van der Waals surface area contributed by atoms with Gasteiger partial charge in [0.2, 0.25) is 0 Å². The van der Waals surface area contributed by atoms with Gasteiger partial charge in [0.15, 0.2) is 0 Å². The number of hydrogen-bond donors (Lipinski definition) is 2. The first-order valence-electron chi connectivity index (χ1n) is 8.66. The predicted molar refractivity (Wildman–Crippen MR) is 93.8 cm³/mol. The summed E-state index contributed by atoms with van der Waals surface area (Å²) in [5.41, 5.74) is 1.70. The summed E-state index contributed by atoms with van der Waals surface area (Å²) >= 11 is 0. The molecule has 0 saturated carbocycles. The SMILES string of the molecule is Cc1ccc(-c2cccc(C(=O)N3C[C@@H]4C[C@H]3CN4)c2)o1.O=C(O)C(F)(F)F. The number of piperazine rings is 1. The lowest BCUT2D eigenvalue weighted by atomic mass is 10.1. The summed E-state index contributed by atoms with van der Waals surface area (Å²) in [6.45, 7) is 3.67. The number of hydrogen-bond acceptors (Lipinski definition) is 4. The third-order valence-electron chi connectivity index (χ3n) is 4.69. The van der Waals surface area contributed by atoms with Crippen molar-refractivity contribution < 1.29 is 32.3 Å². The van der Waals surface area contributed by atoms with Crippen molar-refractivity contribution >= 4 is 11.9 Å². The van der Waals surface area contributed by atoms with Crippen LogP contribution >= 0.6 is 0 Å². The fraction of sp³-hybridized carbons (Fsp3) is 0.368. The van der Waals surface area contributed by atoms with Gasteiger partial charge >= 0.3 is 12.1 Å². The second-order valence-electron chi connectivity index (χ2n) is 6.75. The highest BCUT2D eigenvalue weighted by Gasteiger charge is 2.40. The molecule has 1 aromatic heterocycles. The molecule has 2 saturated heterocycles. The second-order valence-corrected chi connectivity index (χ2v) is 6.75. The first-order chi connectivity index (χ1) is 13.1. The number of benzene rings is 1. The van der Waals surface area contributed by atoms with Gasteiger partial charge in [-0.15, -0.1) is 0 Å². The van der Waals surface area contributed by atoms with Gasteiger partial charge < -0.3 is 19.7 Å². The fourth-order valence-corrected chi connectivity index (χ4v) is 3.37. The number of furan rings is 1. The topological polar surface area (TPSA) is 82.8 Å². The predicted octanol–water partition coefficient (Wildman–Crippen LogP) is 3.07. The molecule has 2 aliphatic rings. The van der Waals surface area contributed by atoms with Crippen molar-refractivity contribution in [2.45, 2.75) is 31.6 Å². The van der Waals surface area contributed by atoms with Gasteiger partial charge in [0, 0.05) is 36.3 Å². The Morgan fingerprint density at radius 2 is 1.96 bits per heavy atom. The molecular weight excluding hydrogens is 377 g/mol. The molecule has 2 aliphatic heterocycles. The number of aliphatic carboxylic acids is 1. The van der Waals surface area contributed by atoms with Gasteiger partial charge in [-0.2, -0.15) is 13.2 Å². The van der Waals surface area contributed by atoms with E-state index >= 15 is 0 Å². The Morgan fingerprint density at radius 1 is 1.25 bits per heavy atom. The number of fused-ring (bicyclic) bond motifs is 2. The van der Waals surface area contributed by atoms with Crippen molar-refractivity contribution in [3.8, 4) is 11.3 Å². The summed E-state index contributed by atoms with van der Waals surface area (Å²) in [5, 5.41) is 10.5. The zero-order valence-electron chi connectivity index (χ0n) is 15.0. The van der Waals surface area contributed by atoms with E-state index in [2.05, 4.69) is 5.32 Å². The number of carbonyl (C=O) groups is 2. The molecule has 3 heterocycles. The maximum absolute atomic E-state index is 12.7. The van der Waals surface area contributed by atoms with Crippen LogP contribution in [0.2, 0.25) is 0 Å². The Kier molecular flexibility index (Phi) is 5.46. The molecule has 0 radical (unpaired) electrons. The van der Waals surface area contributed by atoms with Crippen LogP contribution in [-0.2, 0) is 4.79 Å². The Morgan fingerprint density at radius 3 is 2.46 bits per heavy atom. The number of carboxylic acid groups (broad SMARTS) is 1. The summed E-state index contributed by atoms with van der Waals surface area (Å²) in [6.07, 6.45) is -4.00. The number of alkyl halides is 3. The molecule has 0 spiro atoms. The van der Waals surface area contributed by atoms with Crippen molar-refractivity contribution in [3.05, 3.63) is 47.7 Å². The van der Waals surface area contributed by atoms with Crippen LogP contribution in [0, 0.1) is 6.92 Å². The lowest BCUT2D eigenvalue weighted by molar-refractivity contribution is -0.192. The largest absolute Gasteiger partial charge is 0.490 e. The number of likely N-dealkylation sites (tertiary alicyclic amines) is 1. The van der Waals surface area contributed by atoms with Crippen LogP contribution in [0.25, 0.3) is 11.3 Å². The van der Waals surface area contributed by atoms with Gasteiger partial charge in [-0.3, -0.25) is 4.79 Å². The highest BCUT2D eigenvalue weighted by Crippen LogP contribution is 2.27. The second kappa shape index (κ2) is 7.67. The first-order valence-corrected chi connectivity index (χ1v) is 8.66. The summed E-state index contributed by atoms with van der Waals surface area (Å²) in [5.74, 6) is -0.932. The number of halogens is 3. The van der Waals surface area contributed by atoms with E-state index in [1.54, 1.807) is 0 Å². The van der Waals surface area contributed by atoms with Crippen LogP contribution in [0.15, 0.2) is 40.8 Å². The molecule has 150 valence electrons. The van der Waals surface area contributed by atoms with Crippen molar-refractivity contribution in [2.75, 3.05) is 13.1 Å². The average Bonchev–Trinajstić information content (AvgIpc) is 3.37. The number of carbonyl (C=O) groups excluding carboxylic acids is 1. The zero-order chi connectivity index (χ0) is 20.5. The molecule has 2 bridgehead atoms. The van der Waals surface area contributed by atoms with E-state index in [4.69, 9.17) is 14.3 Å². The highest BCUT2D eigenvalue weighted by molar-refractivity contribution is 5.96.